The van der Waals surface area contributed by atoms with Gasteiger partial charge in [-0.05, 0) is 35.2 Å². The third-order valence-electron chi connectivity index (χ3n) is 6.20. The zero-order chi connectivity index (χ0) is 18.9. The molecule has 1 N–H and O–H groups in total. The lowest BCUT2D eigenvalue weighted by Crippen LogP contribution is -2.45. The smallest absolute Gasteiger partial charge is 0.118 e. The molecule has 0 bridgehead atoms. The number of phenolic OH excluding ortho intramolecular Hbond substituents is 1. The van der Waals surface area contributed by atoms with Crippen LogP contribution in [0.25, 0.3) is 10.9 Å². The molecule has 1 heterocycles. The minimum Gasteiger partial charge on any atom is -0.508 e. The number of aromatic hydroxyl groups is 1. The van der Waals surface area contributed by atoms with E-state index in [9.17, 15) is 5.11 Å². The van der Waals surface area contributed by atoms with E-state index in [0.29, 0.717) is 11.3 Å². The van der Waals surface area contributed by atoms with E-state index < -0.39 is 8.07 Å². The predicted octanol–water partition coefficient (Wildman–Crippen LogP) is 6.31. The number of fused-ring (bicyclic) bond motifs is 1. The molecule has 3 rings (SSSR count). The molecular weight excluding hydrogens is 334 g/mol. The second-order valence-electron chi connectivity index (χ2n) is 8.79. The Morgan fingerprint density at radius 1 is 0.923 bits per heavy atom. The molecule has 26 heavy (non-hydrogen) atoms. The minimum atomic E-state index is -1.74. The number of pyridine rings is 1. The van der Waals surface area contributed by atoms with Gasteiger partial charge >= 0.3 is 0 Å². The van der Waals surface area contributed by atoms with Crippen molar-refractivity contribution in [1.82, 2.24) is 4.98 Å². The molecule has 2 aromatic carbocycles. The van der Waals surface area contributed by atoms with Gasteiger partial charge in [0.1, 0.15) is 5.75 Å². The molecule has 1 aromatic heterocycles. The first-order valence-corrected chi connectivity index (χ1v) is 12.4. The van der Waals surface area contributed by atoms with Crippen molar-refractivity contribution in [2.24, 2.45) is 0 Å². The summed E-state index contributed by atoms with van der Waals surface area (Å²) in [5, 5.41) is 11.7. The van der Waals surface area contributed by atoms with Gasteiger partial charge in [0.05, 0.1) is 13.6 Å². The molecule has 0 fully saturated rings. The summed E-state index contributed by atoms with van der Waals surface area (Å²) in [5.74, 6) is 0.386. The topological polar surface area (TPSA) is 33.1 Å². The van der Waals surface area contributed by atoms with E-state index in [-0.39, 0.29) is 5.04 Å². The average Bonchev–Trinajstić information content (AvgIpc) is 2.59. The number of nitrogens with zero attached hydrogens (tertiary/aromatic N) is 1. The fourth-order valence-corrected chi connectivity index (χ4v) is 6.11. The van der Waals surface area contributed by atoms with E-state index in [1.807, 2.05) is 24.3 Å². The summed E-state index contributed by atoms with van der Waals surface area (Å²) in [4.78, 5) is 5.03. The normalized spacial score (nSPS) is 13.7. The number of hydrogen-bond donors (Lipinski definition) is 1. The Kier molecular flexibility index (Phi) is 4.94. The van der Waals surface area contributed by atoms with Gasteiger partial charge in [-0.1, -0.05) is 76.3 Å². The number of rotatable bonds is 4. The Bertz CT molecular complexity index is 911. The van der Waals surface area contributed by atoms with Crippen molar-refractivity contribution < 1.29 is 5.11 Å². The van der Waals surface area contributed by atoms with Crippen LogP contribution in [0.15, 0.2) is 60.7 Å². The van der Waals surface area contributed by atoms with Crippen LogP contribution >= 0.6 is 0 Å². The Morgan fingerprint density at radius 3 is 2.27 bits per heavy atom. The van der Waals surface area contributed by atoms with E-state index in [2.05, 4.69) is 64.2 Å². The first kappa shape index (κ1) is 18.7. The van der Waals surface area contributed by atoms with Crippen LogP contribution in [0.2, 0.25) is 18.1 Å². The van der Waals surface area contributed by atoms with E-state index in [1.165, 1.54) is 5.39 Å². The number of para-hydroxylation sites is 2. The van der Waals surface area contributed by atoms with Crippen molar-refractivity contribution >= 4 is 19.0 Å². The highest BCUT2D eigenvalue weighted by Crippen LogP contribution is 2.46. The molecule has 3 aromatic rings. The average molecular weight is 364 g/mol. The highest BCUT2D eigenvalue weighted by Gasteiger charge is 2.43. The third-order valence-corrected chi connectivity index (χ3v) is 12.3. The number of phenols is 1. The highest BCUT2D eigenvalue weighted by molar-refractivity contribution is 6.81. The van der Waals surface area contributed by atoms with Gasteiger partial charge in [0, 0.05) is 16.6 Å². The van der Waals surface area contributed by atoms with E-state index >= 15 is 0 Å². The second kappa shape index (κ2) is 6.88. The van der Waals surface area contributed by atoms with Crippen LogP contribution in [0.5, 0.6) is 5.75 Å². The summed E-state index contributed by atoms with van der Waals surface area (Å²) in [7, 11) is -1.74. The van der Waals surface area contributed by atoms with Crippen molar-refractivity contribution in [3.05, 3.63) is 71.9 Å². The second-order valence-corrected chi connectivity index (χ2v) is 14.4. The molecule has 0 spiro atoms. The van der Waals surface area contributed by atoms with Crippen molar-refractivity contribution in [2.75, 3.05) is 0 Å². The molecule has 136 valence electrons. The number of hydrogen-bond acceptors (Lipinski definition) is 2. The molecule has 0 aliphatic carbocycles. The van der Waals surface area contributed by atoms with E-state index in [0.717, 1.165) is 23.2 Å². The predicted molar refractivity (Wildman–Crippen MR) is 113 cm³/mol. The Hall–Kier alpha value is -2.13. The quantitative estimate of drug-likeness (QED) is 0.551. The monoisotopic (exact) mass is 363 g/mol. The summed E-state index contributed by atoms with van der Waals surface area (Å²) in [5.41, 5.74) is 3.54. The van der Waals surface area contributed by atoms with Crippen LogP contribution in [-0.2, 0) is 6.42 Å². The van der Waals surface area contributed by atoms with Crippen LogP contribution in [0.1, 0.15) is 37.6 Å². The van der Waals surface area contributed by atoms with Crippen molar-refractivity contribution in [1.29, 1.82) is 0 Å². The van der Waals surface area contributed by atoms with Crippen molar-refractivity contribution in [3.63, 3.8) is 0 Å². The lowest BCUT2D eigenvalue weighted by Gasteiger charge is -2.43. The fraction of sp³-hybridized carbons (Fsp3) is 0.348. The molecule has 0 saturated carbocycles. The summed E-state index contributed by atoms with van der Waals surface area (Å²) in [6.45, 7) is 11.9. The maximum Gasteiger partial charge on any atom is 0.118 e. The van der Waals surface area contributed by atoms with Crippen LogP contribution in [-0.4, -0.2) is 18.2 Å². The number of aromatic nitrogens is 1. The van der Waals surface area contributed by atoms with Gasteiger partial charge in [0.15, 0.2) is 0 Å². The zero-order valence-electron chi connectivity index (χ0n) is 16.5. The lowest BCUT2D eigenvalue weighted by molar-refractivity contribution is 0.467. The standard InChI is InChI=1S/C23H29NOSi/c1-23(2,3)26(4,5)22(16-18-11-7-9-13-21(18)25)20-15-14-17-10-6-8-12-19(17)24-20/h6-15,22,25H,16H2,1-5H3. The maximum atomic E-state index is 10.3. The molecule has 0 aliphatic heterocycles. The van der Waals surface area contributed by atoms with Crippen LogP contribution in [0.4, 0.5) is 0 Å². The summed E-state index contributed by atoms with van der Waals surface area (Å²) < 4.78 is 0. The first-order valence-electron chi connectivity index (χ1n) is 9.33. The van der Waals surface area contributed by atoms with Crippen molar-refractivity contribution in [3.8, 4) is 5.75 Å². The van der Waals surface area contributed by atoms with Gasteiger partial charge in [-0.15, -0.1) is 0 Å². The molecular formula is C23H29NOSi. The van der Waals surface area contributed by atoms with Crippen LogP contribution in [0, 0.1) is 0 Å². The van der Waals surface area contributed by atoms with Crippen LogP contribution < -0.4 is 0 Å². The molecule has 2 nitrogen and oxygen atoms in total. The zero-order valence-corrected chi connectivity index (χ0v) is 17.5. The van der Waals surface area contributed by atoms with Gasteiger partial charge < -0.3 is 5.11 Å². The highest BCUT2D eigenvalue weighted by atomic mass is 28.3. The first-order chi connectivity index (χ1) is 12.2. The van der Waals surface area contributed by atoms with Gasteiger partial charge in [0.25, 0.3) is 0 Å². The molecule has 0 radical (unpaired) electrons. The maximum absolute atomic E-state index is 10.3. The Labute approximate surface area is 157 Å². The third kappa shape index (κ3) is 3.54. The van der Waals surface area contributed by atoms with Crippen LogP contribution in [0.3, 0.4) is 0 Å². The van der Waals surface area contributed by atoms with Gasteiger partial charge in [0.2, 0.25) is 0 Å². The SMILES string of the molecule is CC(C)(C)[Si](C)(C)C(Cc1ccccc1O)c1ccc2ccccc2n1. The largest absolute Gasteiger partial charge is 0.508 e. The van der Waals surface area contributed by atoms with Gasteiger partial charge in [-0.2, -0.15) is 0 Å². The Balaban J connectivity index is 2.11. The molecule has 0 amide bonds. The minimum absolute atomic E-state index is 0.232. The molecule has 0 aliphatic rings. The molecule has 3 heteroatoms. The fourth-order valence-electron chi connectivity index (χ4n) is 3.43. The molecule has 1 atom stereocenters. The number of benzene rings is 2. The van der Waals surface area contributed by atoms with Gasteiger partial charge in [-0.25, -0.2) is 0 Å². The molecule has 0 saturated heterocycles. The summed E-state index contributed by atoms with van der Waals surface area (Å²) in [6.07, 6.45) is 0.828. The summed E-state index contributed by atoms with van der Waals surface area (Å²) >= 11 is 0. The summed E-state index contributed by atoms with van der Waals surface area (Å²) in [6, 6.07) is 20.4. The van der Waals surface area contributed by atoms with Crippen molar-refractivity contribution in [2.45, 2.75) is 50.9 Å². The van der Waals surface area contributed by atoms with E-state index in [1.54, 1.807) is 6.07 Å². The van der Waals surface area contributed by atoms with Gasteiger partial charge in [-0.3, -0.25) is 4.98 Å². The lowest BCUT2D eigenvalue weighted by atomic mass is 10.1. The Morgan fingerprint density at radius 2 is 1.58 bits per heavy atom. The molecule has 1 unspecified atom stereocenters. The van der Waals surface area contributed by atoms with E-state index in [4.69, 9.17) is 4.98 Å².